The Morgan fingerprint density at radius 3 is 2.50 bits per heavy atom. The molecule has 3 nitrogen and oxygen atoms in total. The van der Waals surface area contributed by atoms with Crippen LogP contribution in [0, 0.1) is 0 Å². The van der Waals surface area contributed by atoms with Crippen molar-refractivity contribution in [2.45, 2.75) is 63.6 Å². The van der Waals surface area contributed by atoms with Gasteiger partial charge in [0.2, 0.25) is 0 Å². The predicted octanol–water partition coefficient (Wildman–Crippen LogP) is 1.69. The van der Waals surface area contributed by atoms with Gasteiger partial charge in [-0.15, -0.1) is 0 Å². The first-order valence-electron chi connectivity index (χ1n) is 8.04. The van der Waals surface area contributed by atoms with Crippen molar-refractivity contribution < 1.29 is 0 Å². The second-order valence-electron chi connectivity index (χ2n) is 6.63. The molecule has 0 aromatic rings. The van der Waals surface area contributed by atoms with E-state index in [9.17, 15) is 0 Å². The van der Waals surface area contributed by atoms with Gasteiger partial charge in [0.1, 0.15) is 0 Å². The second kappa shape index (κ2) is 5.89. The number of hydrogen-bond acceptors (Lipinski definition) is 3. The smallest absolute Gasteiger partial charge is 0.0198 e. The van der Waals surface area contributed by atoms with Crippen LogP contribution in [0.5, 0.6) is 0 Å². The molecular weight excluding hydrogens is 222 g/mol. The Morgan fingerprint density at radius 1 is 1.00 bits per heavy atom. The normalized spacial score (nSPS) is 32.8. The van der Waals surface area contributed by atoms with Gasteiger partial charge in [0.25, 0.3) is 0 Å². The zero-order chi connectivity index (χ0) is 12.4. The molecule has 0 spiro atoms. The number of likely N-dealkylation sites (tertiary alicyclic amines) is 2. The van der Waals surface area contributed by atoms with E-state index >= 15 is 0 Å². The van der Waals surface area contributed by atoms with Crippen molar-refractivity contribution in [3.05, 3.63) is 0 Å². The molecule has 2 heterocycles. The van der Waals surface area contributed by atoms with Gasteiger partial charge in [0.15, 0.2) is 0 Å². The highest BCUT2D eigenvalue weighted by Crippen LogP contribution is 2.22. The summed E-state index contributed by atoms with van der Waals surface area (Å²) in [5.74, 6) is 0. The maximum atomic E-state index is 3.81. The van der Waals surface area contributed by atoms with Crippen molar-refractivity contribution in [2.75, 3.05) is 32.7 Å². The van der Waals surface area contributed by atoms with E-state index in [2.05, 4.69) is 22.0 Å². The maximum absolute atomic E-state index is 3.81. The zero-order valence-corrected chi connectivity index (χ0v) is 11.9. The van der Waals surface area contributed by atoms with E-state index in [0.717, 1.165) is 18.1 Å². The van der Waals surface area contributed by atoms with Crippen LogP contribution in [0.1, 0.15) is 45.4 Å². The Kier molecular flexibility index (Phi) is 4.22. The van der Waals surface area contributed by atoms with E-state index in [4.69, 9.17) is 0 Å². The molecule has 0 amide bonds. The summed E-state index contributed by atoms with van der Waals surface area (Å²) in [6, 6.07) is 2.40. The zero-order valence-electron chi connectivity index (χ0n) is 11.9. The lowest BCUT2D eigenvalue weighted by atomic mass is 10.0. The van der Waals surface area contributed by atoms with Crippen molar-refractivity contribution in [1.82, 2.24) is 15.1 Å². The molecule has 1 N–H and O–H groups in total. The minimum Gasteiger partial charge on any atom is -0.310 e. The highest BCUT2D eigenvalue weighted by molar-refractivity contribution is 4.89. The largest absolute Gasteiger partial charge is 0.310 e. The molecule has 2 atom stereocenters. The van der Waals surface area contributed by atoms with Gasteiger partial charge in [-0.1, -0.05) is 0 Å². The van der Waals surface area contributed by atoms with Crippen LogP contribution in [-0.4, -0.2) is 60.6 Å². The topological polar surface area (TPSA) is 18.5 Å². The van der Waals surface area contributed by atoms with Crippen LogP contribution >= 0.6 is 0 Å². The van der Waals surface area contributed by atoms with Gasteiger partial charge >= 0.3 is 0 Å². The summed E-state index contributed by atoms with van der Waals surface area (Å²) in [5, 5.41) is 3.81. The lowest BCUT2D eigenvalue weighted by molar-refractivity contribution is 0.135. The average Bonchev–Trinajstić information content (AvgIpc) is 3.00. The fourth-order valence-electron chi connectivity index (χ4n) is 3.61. The molecule has 2 unspecified atom stereocenters. The third kappa shape index (κ3) is 3.46. The summed E-state index contributed by atoms with van der Waals surface area (Å²) in [4.78, 5) is 5.38. The number of nitrogens with zero attached hydrogens (tertiary/aromatic N) is 2. The second-order valence-corrected chi connectivity index (χ2v) is 6.63. The van der Waals surface area contributed by atoms with Gasteiger partial charge in [-0.25, -0.2) is 0 Å². The summed E-state index contributed by atoms with van der Waals surface area (Å²) >= 11 is 0. The first-order valence-corrected chi connectivity index (χ1v) is 8.04. The quantitative estimate of drug-likeness (QED) is 0.802. The van der Waals surface area contributed by atoms with Crippen LogP contribution in [0.4, 0.5) is 0 Å². The molecule has 1 saturated carbocycles. The molecule has 3 aliphatic rings. The van der Waals surface area contributed by atoms with Crippen LogP contribution in [0.3, 0.4) is 0 Å². The van der Waals surface area contributed by atoms with Gasteiger partial charge in [0.05, 0.1) is 0 Å². The van der Waals surface area contributed by atoms with Crippen LogP contribution in [-0.2, 0) is 0 Å². The summed E-state index contributed by atoms with van der Waals surface area (Å²) in [7, 11) is 0. The minimum atomic E-state index is 0.757. The van der Waals surface area contributed by atoms with Crippen molar-refractivity contribution >= 4 is 0 Å². The van der Waals surface area contributed by atoms with Gasteiger partial charge in [-0.05, 0) is 65.1 Å². The minimum absolute atomic E-state index is 0.757. The van der Waals surface area contributed by atoms with Crippen molar-refractivity contribution in [1.29, 1.82) is 0 Å². The van der Waals surface area contributed by atoms with Gasteiger partial charge in [-0.2, -0.15) is 0 Å². The molecule has 2 saturated heterocycles. The Labute approximate surface area is 112 Å². The predicted molar refractivity (Wildman–Crippen MR) is 75.9 cm³/mol. The molecule has 3 fully saturated rings. The van der Waals surface area contributed by atoms with Gasteiger partial charge in [-0.3, -0.25) is 4.90 Å². The summed E-state index contributed by atoms with van der Waals surface area (Å²) in [5.41, 5.74) is 0. The van der Waals surface area contributed by atoms with E-state index in [1.807, 2.05) is 0 Å². The molecule has 0 bridgehead atoms. The number of rotatable bonds is 5. The average molecular weight is 251 g/mol. The lowest BCUT2D eigenvalue weighted by Gasteiger charge is -2.36. The van der Waals surface area contributed by atoms with E-state index in [1.165, 1.54) is 71.2 Å². The third-order valence-corrected chi connectivity index (χ3v) is 4.84. The van der Waals surface area contributed by atoms with Gasteiger partial charge < -0.3 is 10.2 Å². The van der Waals surface area contributed by atoms with E-state index < -0.39 is 0 Å². The first-order chi connectivity index (χ1) is 8.81. The molecule has 104 valence electrons. The Hall–Kier alpha value is -0.120. The van der Waals surface area contributed by atoms with E-state index in [-0.39, 0.29) is 0 Å². The number of hydrogen-bond donors (Lipinski definition) is 1. The van der Waals surface area contributed by atoms with E-state index in [1.54, 1.807) is 0 Å². The molecule has 0 radical (unpaired) electrons. The Balaban J connectivity index is 1.43. The summed E-state index contributed by atoms with van der Waals surface area (Å²) in [6.45, 7) is 8.97. The molecule has 0 aromatic carbocycles. The van der Waals surface area contributed by atoms with Crippen LogP contribution in [0.2, 0.25) is 0 Å². The molecular formula is C15H29N3. The SMILES string of the molecule is CC(CN1CCCC(NC2CC2)C1)N1CCCC1. The summed E-state index contributed by atoms with van der Waals surface area (Å²) < 4.78 is 0. The van der Waals surface area contributed by atoms with Gasteiger partial charge in [0, 0.05) is 31.2 Å². The van der Waals surface area contributed by atoms with Crippen molar-refractivity contribution in [3.63, 3.8) is 0 Å². The van der Waals surface area contributed by atoms with Crippen LogP contribution in [0.15, 0.2) is 0 Å². The lowest BCUT2D eigenvalue weighted by Crippen LogP contribution is -2.50. The van der Waals surface area contributed by atoms with Crippen molar-refractivity contribution in [3.8, 4) is 0 Å². The van der Waals surface area contributed by atoms with Crippen LogP contribution < -0.4 is 5.32 Å². The monoisotopic (exact) mass is 251 g/mol. The molecule has 3 heteroatoms. The standard InChI is InChI=1S/C15H29N3/c1-13(18-9-2-3-10-18)11-17-8-4-5-15(12-17)16-14-6-7-14/h13-16H,2-12H2,1H3. The Bertz CT molecular complexity index is 258. The summed E-state index contributed by atoms with van der Waals surface area (Å²) in [6.07, 6.45) is 8.44. The fourth-order valence-corrected chi connectivity index (χ4v) is 3.61. The molecule has 0 aromatic heterocycles. The molecule has 18 heavy (non-hydrogen) atoms. The van der Waals surface area contributed by atoms with Crippen LogP contribution in [0.25, 0.3) is 0 Å². The number of nitrogens with one attached hydrogen (secondary N) is 1. The molecule has 1 aliphatic carbocycles. The highest BCUT2D eigenvalue weighted by atomic mass is 15.2. The molecule has 3 rings (SSSR count). The number of piperidine rings is 1. The highest BCUT2D eigenvalue weighted by Gasteiger charge is 2.28. The van der Waals surface area contributed by atoms with E-state index in [0.29, 0.717) is 0 Å². The fraction of sp³-hybridized carbons (Fsp3) is 1.00. The maximum Gasteiger partial charge on any atom is 0.0198 e. The Morgan fingerprint density at radius 2 is 1.78 bits per heavy atom. The third-order valence-electron chi connectivity index (χ3n) is 4.84. The first kappa shape index (κ1) is 12.9. The molecule has 2 aliphatic heterocycles. The van der Waals surface area contributed by atoms with Crippen molar-refractivity contribution in [2.24, 2.45) is 0 Å².